The third-order valence-electron chi connectivity index (χ3n) is 2.55. The highest BCUT2D eigenvalue weighted by Gasteiger charge is 2.07. The van der Waals surface area contributed by atoms with Crippen molar-refractivity contribution in [1.29, 1.82) is 0 Å². The van der Waals surface area contributed by atoms with Crippen LogP contribution >= 0.6 is 15.9 Å². The Balaban J connectivity index is 2.61. The molecule has 0 unspecified atom stereocenters. The number of nitrogens with zero attached hydrogens (tertiary/aromatic N) is 2. The van der Waals surface area contributed by atoms with E-state index in [1.807, 2.05) is 17.7 Å². The molecule has 0 atom stereocenters. The lowest BCUT2D eigenvalue weighted by molar-refractivity contribution is 1.06. The van der Waals surface area contributed by atoms with Gasteiger partial charge >= 0.3 is 0 Å². The van der Waals surface area contributed by atoms with Gasteiger partial charge in [-0.3, -0.25) is 4.57 Å². The molecule has 1 aromatic heterocycles. The molecule has 2 rings (SSSR count). The van der Waals surface area contributed by atoms with Crippen LogP contribution in [0, 0.1) is 20.8 Å². The van der Waals surface area contributed by atoms with Crippen LogP contribution in [0.5, 0.6) is 0 Å². The van der Waals surface area contributed by atoms with Crippen molar-refractivity contribution in [2.75, 3.05) is 5.73 Å². The maximum Gasteiger partial charge on any atom is 0.205 e. The largest absolute Gasteiger partial charge is 0.369 e. The Kier molecular flexibility index (Phi) is 2.76. The molecule has 0 fully saturated rings. The van der Waals surface area contributed by atoms with Crippen LogP contribution in [0.3, 0.4) is 0 Å². The molecule has 1 aromatic carbocycles. The van der Waals surface area contributed by atoms with E-state index in [1.54, 1.807) is 0 Å². The third-order valence-corrected chi connectivity index (χ3v) is 3.80. The van der Waals surface area contributed by atoms with Gasteiger partial charge in [0.05, 0.1) is 5.69 Å². The molecule has 0 aliphatic carbocycles. The monoisotopic (exact) mass is 279 g/mol. The van der Waals surface area contributed by atoms with Crippen LogP contribution < -0.4 is 5.73 Å². The van der Waals surface area contributed by atoms with Crippen LogP contribution in [0.15, 0.2) is 22.8 Å². The van der Waals surface area contributed by atoms with Crippen molar-refractivity contribution < 1.29 is 0 Å². The Morgan fingerprint density at radius 3 is 2.19 bits per heavy atom. The SMILES string of the molecule is Cc1cn(-c2cc(C)c(Br)c(C)c2)c(N)n1. The minimum Gasteiger partial charge on any atom is -0.369 e. The molecular weight excluding hydrogens is 266 g/mol. The normalized spacial score (nSPS) is 10.8. The Morgan fingerprint density at radius 2 is 1.75 bits per heavy atom. The molecule has 0 radical (unpaired) electrons. The van der Waals surface area contributed by atoms with E-state index in [9.17, 15) is 0 Å². The fourth-order valence-electron chi connectivity index (χ4n) is 1.79. The quantitative estimate of drug-likeness (QED) is 0.872. The van der Waals surface area contributed by atoms with Crippen molar-refractivity contribution in [2.45, 2.75) is 20.8 Å². The van der Waals surface area contributed by atoms with E-state index in [0.717, 1.165) is 15.9 Å². The second-order valence-corrected chi connectivity index (χ2v) is 4.80. The summed E-state index contributed by atoms with van der Waals surface area (Å²) in [6.45, 7) is 6.08. The maximum atomic E-state index is 5.85. The van der Waals surface area contributed by atoms with Crippen molar-refractivity contribution in [3.63, 3.8) is 0 Å². The number of halogens is 1. The zero-order chi connectivity index (χ0) is 11.9. The molecule has 4 heteroatoms. The van der Waals surface area contributed by atoms with Gasteiger partial charge in [-0.15, -0.1) is 0 Å². The average molecular weight is 280 g/mol. The number of hydrogen-bond acceptors (Lipinski definition) is 2. The van der Waals surface area contributed by atoms with Crippen molar-refractivity contribution in [3.05, 3.63) is 39.6 Å². The summed E-state index contributed by atoms with van der Waals surface area (Å²) in [4.78, 5) is 4.20. The summed E-state index contributed by atoms with van der Waals surface area (Å²) in [6.07, 6.45) is 1.94. The lowest BCUT2D eigenvalue weighted by Gasteiger charge is -2.09. The minimum absolute atomic E-state index is 0.527. The molecule has 0 saturated carbocycles. The second kappa shape index (κ2) is 3.94. The molecule has 0 bridgehead atoms. The zero-order valence-corrected chi connectivity index (χ0v) is 11.2. The minimum atomic E-state index is 0.527. The van der Waals surface area contributed by atoms with E-state index >= 15 is 0 Å². The summed E-state index contributed by atoms with van der Waals surface area (Å²) in [7, 11) is 0. The zero-order valence-electron chi connectivity index (χ0n) is 9.58. The molecule has 2 N–H and O–H groups in total. The number of benzene rings is 1. The Morgan fingerprint density at radius 1 is 1.19 bits per heavy atom. The van der Waals surface area contributed by atoms with Crippen LogP contribution in [0.1, 0.15) is 16.8 Å². The van der Waals surface area contributed by atoms with Crippen LogP contribution in [-0.4, -0.2) is 9.55 Å². The molecule has 0 saturated heterocycles. The Labute approximate surface area is 103 Å². The average Bonchev–Trinajstić information content (AvgIpc) is 2.53. The number of rotatable bonds is 1. The highest BCUT2D eigenvalue weighted by atomic mass is 79.9. The second-order valence-electron chi connectivity index (χ2n) is 4.00. The fraction of sp³-hybridized carbons (Fsp3) is 0.250. The van der Waals surface area contributed by atoms with Gasteiger partial charge in [-0.25, -0.2) is 4.98 Å². The van der Waals surface area contributed by atoms with Crippen molar-refractivity contribution >= 4 is 21.9 Å². The van der Waals surface area contributed by atoms with Crippen molar-refractivity contribution in [1.82, 2.24) is 9.55 Å². The highest BCUT2D eigenvalue weighted by Crippen LogP contribution is 2.25. The standard InChI is InChI=1S/C12H14BrN3/c1-7-4-10(5-8(2)11(7)13)16-6-9(3)15-12(16)14/h4-6H,1-3H3,(H2,14,15). The molecule has 0 amide bonds. The van der Waals surface area contributed by atoms with Gasteiger partial charge in [0.2, 0.25) is 5.95 Å². The molecule has 1 heterocycles. The van der Waals surface area contributed by atoms with Gasteiger partial charge in [-0.1, -0.05) is 15.9 Å². The number of hydrogen-bond donors (Lipinski definition) is 1. The van der Waals surface area contributed by atoms with Crippen LogP contribution in [0.25, 0.3) is 5.69 Å². The molecule has 3 nitrogen and oxygen atoms in total. The lowest BCUT2D eigenvalue weighted by Crippen LogP contribution is -2.00. The van der Waals surface area contributed by atoms with Gasteiger partial charge in [0.1, 0.15) is 0 Å². The highest BCUT2D eigenvalue weighted by molar-refractivity contribution is 9.10. The van der Waals surface area contributed by atoms with E-state index in [1.165, 1.54) is 11.1 Å². The third kappa shape index (κ3) is 1.85. The Bertz CT molecular complexity index is 520. The van der Waals surface area contributed by atoms with Gasteiger partial charge in [-0.05, 0) is 44.0 Å². The predicted octanol–water partition coefficient (Wildman–Crippen LogP) is 3.14. The molecule has 2 aromatic rings. The number of aromatic nitrogens is 2. The first-order chi connectivity index (χ1) is 7.49. The van der Waals surface area contributed by atoms with E-state index in [4.69, 9.17) is 5.73 Å². The summed E-state index contributed by atoms with van der Waals surface area (Å²) in [5, 5.41) is 0. The van der Waals surface area contributed by atoms with Crippen LogP contribution in [0.2, 0.25) is 0 Å². The van der Waals surface area contributed by atoms with Crippen molar-refractivity contribution in [3.8, 4) is 5.69 Å². The van der Waals surface area contributed by atoms with Gasteiger partial charge in [-0.2, -0.15) is 0 Å². The van der Waals surface area contributed by atoms with Crippen LogP contribution in [0.4, 0.5) is 5.95 Å². The van der Waals surface area contributed by atoms with Gasteiger partial charge < -0.3 is 5.73 Å². The molecule has 0 spiro atoms. The van der Waals surface area contributed by atoms with E-state index in [0.29, 0.717) is 5.95 Å². The summed E-state index contributed by atoms with van der Waals surface area (Å²) in [5.74, 6) is 0.527. The smallest absolute Gasteiger partial charge is 0.205 e. The van der Waals surface area contributed by atoms with Crippen molar-refractivity contribution in [2.24, 2.45) is 0 Å². The first-order valence-corrected chi connectivity index (χ1v) is 5.87. The molecule has 16 heavy (non-hydrogen) atoms. The predicted molar refractivity (Wildman–Crippen MR) is 69.9 cm³/mol. The summed E-state index contributed by atoms with van der Waals surface area (Å²) in [5.41, 5.74) is 10.2. The van der Waals surface area contributed by atoms with Gasteiger partial charge in [0, 0.05) is 16.4 Å². The number of aryl methyl sites for hydroxylation is 3. The number of nitrogens with two attached hydrogens (primary N) is 1. The van der Waals surface area contributed by atoms with E-state index in [-0.39, 0.29) is 0 Å². The lowest BCUT2D eigenvalue weighted by atomic mass is 10.1. The summed E-state index contributed by atoms with van der Waals surface area (Å²) < 4.78 is 3.05. The first-order valence-electron chi connectivity index (χ1n) is 5.07. The number of anilines is 1. The molecule has 0 aliphatic heterocycles. The maximum absolute atomic E-state index is 5.85. The molecule has 0 aliphatic rings. The first kappa shape index (κ1) is 11.2. The molecule has 84 valence electrons. The van der Waals surface area contributed by atoms with Gasteiger partial charge in [0.25, 0.3) is 0 Å². The van der Waals surface area contributed by atoms with E-state index < -0.39 is 0 Å². The summed E-state index contributed by atoms with van der Waals surface area (Å²) in [6, 6.07) is 4.18. The molecular formula is C12H14BrN3. The summed E-state index contributed by atoms with van der Waals surface area (Å²) >= 11 is 3.55. The number of imidazole rings is 1. The topological polar surface area (TPSA) is 43.8 Å². The fourth-order valence-corrected chi connectivity index (χ4v) is 2.01. The Hall–Kier alpha value is -1.29. The van der Waals surface area contributed by atoms with E-state index in [2.05, 4.69) is 46.9 Å². The van der Waals surface area contributed by atoms with Gasteiger partial charge in [0.15, 0.2) is 0 Å². The van der Waals surface area contributed by atoms with Crippen LogP contribution in [-0.2, 0) is 0 Å². The number of nitrogen functional groups attached to an aromatic ring is 1.